The number of piperidine rings is 1. The molecule has 0 atom stereocenters. The Balaban J connectivity index is 1.78. The van der Waals surface area contributed by atoms with Gasteiger partial charge in [0.05, 0.1) is 0 Å². The molecule has 0 unspecified atom stereocenters. The fourth-order valence-corrected chi connectivity index (χ4v) is 5.71. The number of likely N-dealkylation sites (tertiary alicyclic amines) is 1. The van der Waals surface area contributed by atoms with E-state index in [1.54, 1.807) is 22.9 Å². The van der Waals surface area contributed by atoms with Gasteiger partial charge in [0.1, 0.15) is 11.4 Å². The van der Waals surface area contributed by atoms with E-state index in [0.717, 1.165) is 20.1 Å². The van der Waals surface area contributed by atoms with Crippen LogP contribution >= 0.6 is 31.9 Å². The maximum atomic E-state index is 14.2. The number of rotatable bonds is 5. The first-order valence-electron chi connectivity index (χ1n) is 11.3. The molecular formula is C26H31Br2FN2O3. The summed E-state index contributed by atoms with van der Waals surface area (Å²) in [6.07, 6.45) is 0.990. The summed E-state index contributed by atoms with van der Waals surface area (Å²) >= 11 is 6.98. The number of hydrogen-bond donors (Lipinski definition) is 0. The quantitative estimate of drug-likeness (QED) is 0.387. The second-order valence-corrected chi connectivity index (χ2v) is 11.8. The Hall–Kier alpha value is -1.93. The molecular weight excluding hydrogens is 567 g/mol. The maximum absolute atomic E-state index is 14.2. The highest BCUT2D eigenvalue weighted by molar-refractivity contribution is 9.11. The van der Waals surface area contributed by atoms with E-state index in [-0.39, 0.29) is 24.2 Å². The van der Waals surface area contributed by atoms with E-state index >= 15 is 0 Å². The molecule has 1 saturated heterocycles. The Morgan fingerprint density at radius 3 is 2.26 bits per heavy atom. The zero-order valence-electron chi connectivity index (χ0n) is 20.0. The molecule has 8 heteroatoms. The highest BCUT2D eigenvalue weighted by Crippen LogP contribution is 2.40. The van der Waals surface area contributed by atoms with E-state index < -0.39 is 11.0 Å². The van der Waals surface area contributed by atoms with Crippen LogP contribution in [0, 0.1) is 5.82 Å². The van der Waals surface area contributed by atoms with Crippen molar-refractivity contribution in [1.82, 2.24) is 9.80 Å². The predicted molar refractivity (Wildman–Crippen MR) is 138 cm³/mol. The van der Waals surface area contributed by atoms with Crippen LogP contribution in [0.2, 0.25) is 0 Å². The number of amides is 2. The number of carbonyl (C=O) groups is 2. The van der Waals surface area contributed by atoms with Crippen molar-refractivity contribution >= 4 is 43.9 Å². The van der Waals surface area contributed by atoms with Crippen molar-refractivity contribution in [3.05, 3.63) is 68.4 Å². The van der Waals surface area contributed by atoms with Crippen molar-refractivity contribution in [1.29, 1.82) is 0 Å². The van der Waals surface area contributed by atoms with Crippen LogP contribution in [-0.4, -0.2) is 47.5 Å². The Bertz CT molecular complexity index is 1030. The van der Waals surface area contributed by atoms with E-state index in [0.29, 0.717) is 32.5 Å². The van der Waals surface area contributed by atoms with Crippen LogP contribution in [0.3, 0.4) is 0 Å². The number of halogens is 3. The smallest absolute Gasteiger partial charge is 0.410 e. The monoisotopic (exact) mass is 596 g/mol. The molecule has 34 heavy (non-hydrogen) atoms. The standard InChI is InChI=1S/C26H31Br2FN2O3/c1-25(2,3)34-24(33)31-10-8-26(9-11-31,19-6-5-7-22(29)14-19)16-23(32)30(4)17-18-12-20(27)15-21(28)13-18/h5-7,12-15H,8-11,16-17H2,1-4H3. The normalized spacial score (nSPS) is 15.7. The molecule has 184 valence electrons. The number of carbonyl (C=O) groups excluding carboxylic acids is 2. The topological polar surface area (TPSA) is 49.9 Å². The van der Waals surface area contributed by atoms with E-state index in [4.69, 9.17) is 4.74 Å². The van der Waals surface area contributed by atoms with Crippen molar-refractivity contribution in [2.45, 2.75) is 57.6 Å². The largest absolute Gasteiger partial charge is 0.444 e. The highest BCUT2D eigenvalue weighted by Gasteiger charge is 2.40. The van der Waals surface area contributed by atoms with Gasteiger partial charge in [0.15, 0.2) is 0 Å². The minimum atomic E-state index is -0.575. The molecule has 0 radical (unpaired) electrons. The highest BCUT2D eigenvalue weighted by atomic mass is 79.9. The second kappa shape index (κ2) is 10.8. The number of hydrogen-bond acceptors (Lipinski definition) is 3. The number of ether oxygens (including phenoxy) is 1. The van der Waals surface area contributed by atoms with Crippen molar-refractivity contribution in [3.8, 4) is 0 Å². The molecule has 1 fully saturated rings. The molecule has 1 aliphatic heterocycles. The average molecular weight is 598 g/mol. The average Bonchev–Trinajstić information content (AvgIpc) is 2.72. The zero-order valence-corrected chi connectivity index (χ0v) is 23.2. The Labute approximate surface area is 217 Å². The molecule has 3 rings (SSSR count). The first-order chi connectivity index (χ1) is 15.9. The fraction of sp³-hybridized carbons (Fsp3) is 0.462. The van der Waals surface area contributed by atoms with Gasteiger partial charge in [0, 0.05) is 47.5 Å². The van der Waals surface area contributed by atoms with Gasteiger partial charge in [0.25, 0.3) is 0 Å². The van der Waals surface area contributed by atoms with E-state index in [2.05, 4.69) is 31.9 Å². The Morgan fingerprint density at radius 1 is 1.09 bits per heavy atom. The second-order valence-electron chi connectivity index (χ2n) is 9.96. The van der Waals surface area contributed by atoms with Crippen LogP contribution in [0.5, 0.6) is 0 Å². The van der Waals surface area contributed by atoms with Gasteiger partial charge in [-0.2, -0.15) is 0 Å². The first kappa shape index (κ1) is 26.7. The molecule has 0 saturated carbocycles. The van der Waals surface area contributed by atoms with Crippen LogP contribution in [0.1, 0.15) is 51.2 Å². The van der Waals surface area contributed by atoms with Gasteiger partial charge in [-0.25, -0.2) is 9.18 Å². The van der Waals surface area contributed by atoms with Crippen LogP contribution in [0.15, 0.2) is 51.4 Å². The van der Waals surface area contributed by atoms with Gasteiger partial charge in [-0.3, -0.25) is 4.79 Å². The molecule has 0 aliphatic carbocycles. The third-order valence-electron chi connectivity index (χ3n) is 6.07. The van der Waals surface area contributed by atoms with E-state index in [9.17, 15) is 14.0 Å². The SMILES string of the molecule is CN(Cc1cc(Br)cc(Br)c1)C(=O)CC1(c2cccc(F)c2)CCN(C(=O)OC(C)(C)C)CC1. The fourth-order valence-electron chi connectivity index (χ4n) is 4.32. The zero-order chi connectivity index (χ0) is 25.1. The molecule has 2 amide bonds. The summed E-state index contributed by atoms with van der Waals surface area (Å²) < 4.78 is 21.5. The molecule has 0 bridgehead atoms. The molecule has 2 aromatic rings. The molecule has 5 nitrogen and oxygen atoms in total. The van der Waals surface area contributed by atoms with E-state index in [1.807, 2.05) is 45.0 Å². The summed E-state index contributed by atoms with van der Waals surface area (Å²) in [4.78, 5) is 29.3. The molecule has 1 aliphatic rings. The van der Waals surface area contributed by atoms with Gasteiger partial charge in [-0.15, -0.1) is 0 Å². The van der Waals surface area contributed by atoms with Crippen LogP contribution < -0.4 is 0 Å². The lowest BCUT2D eigenvalue weighted by molar-refractivity contribution is -0.132. The first-order valence-corrected chi connectivity index (χ1v) is 12.9. The summed E-state index contributed by atoms with van der Waals surface area (Å²) in [7, 11) is 1.78. The summed E-state index contributed by atoms with van der Waals surface area (Å²) in [6.45, 7) is 6.86. The van der Waals surface area contributed by atoms with Gasteiger partial charge in [-0.05, 0) is 75.1 Å². The summed E-state index contributed by atoms with van der Waals surface area (Å²) in [5, 5.41) is 0. The van der Waals surface area contributed by atoms with Gasteiger partial charge in [-0.1, -0.05) is 44.0 Å². The predicted octanol–water partition coefficient (Wildman–Crippen LogP) is 6.67. The van der Waals surface area contributed by atoms with Gasteiger partial charge >= 0.3 is 6.09 Å². The molecule has 0 aromatic heterocycles. The molecule has 0 spiro atoms. The summed E-state index contributed by atoms with van der Waals surface area (Å²) in [5.41, 5.74) is 0.665. The Kier molecular flexibility index (Phi) is 8.45. The molecule has 1 heterocycles. The third kappa shape index (κ3) is 7.04. The number of nitrogens with zero attached hydrogens (tertiary/aromatic N) is 2. The van der Waals surface area contributed by atoms with Crippen molar-refractivity contribution in [3.63, 3.8) is 0 Å². The van der Waals surface area contributed by atoms with Gasteiger partial charge in [0.2, 0.25) is 5.91 Å². The van der Waals surface area contributed by atoms with Crippen molar-refractivity contribution in [2.24, 2.45) is 0 Å². The van der Waals surface area contributed by atoms with Crippen LogP contribution in [0.4, 0.5) is 9.18 Å². The summed E-state index contributed by atoms with van der Waals surface area (Å²) in [6, 6.07) is 12.4. The summed E-state index contributed by atoms with van der Waals surface area (Å²) in [5.74, 6) is -0.350. The van der Waals surface area contributed by atoms with Crippen LogP contribution in [0.25, 0.3) is 0 Å². The van der Waals surface area contributed by atoms with Crippen molar-refractivity contribution < 1.29 is 18.7 Å². The lowest BCUT2D eigenvalue weighted by Gasteiger charge is -2.42. The van der Waals surface area contributed by atoms with Gasteiger partial charge < -0.3 is 14.5 Å². The van der Waals surface area contributed by atoms with Crippen molar-refractivity contribution in [2.75, 3.05) is 20.1 Å². The lowest BCUT2D eigenvalue weighted by atomic mass is 9.70. The molecule has 0 N–H and O–H groups in total. The third-order valence-corrected chi connectivity index (χ3v) is 6.98. The lowest BCUT2D eigenvalue weighted by Crippen LogP contribution is -2.48. The minimum Gasteiger partial charge on any atom is -0.444 e. The maximum Gasteiger partial charge on any atom is 0.410 e. The molecule has 2 aromatic carbocycles. The Morgan fingerprint density at radius 2 is 1.71 bits per heavy atom. The van der Waals surface area contributed by atoms with Crippen LogP contribution in [-0.2, 0) is 21.5 Å². The number of benzene rings is 2. The van der Waals surface area contributed by atoms with E-state index in [1.165, 1.54) is 12.1 Å². The minimum absolute atomic E-state index is 0.0222.